The van der Waals surface area contributed by atoms with Crippen molar-refractivity contribution in [1.29, 1.82) is 0 Å². The van der Waals surface area contributed by atoms with Crippen molar-refractivity contribution in [2.24, 2.45) is 5.41 Å². The zero-order chi connectivity index (χ0) is 14.5. The van der Waals surface area contributed by atoms with E-state index in [2.05, 4.69) is 33.5 Å². The Bertz CT molecular complexity index is 555. The van der Waals surface area contributed by atoms with Gasteiger partial charge in [-0.05, 0) is 30.4 Å². The van der Waals surface area contributed by atoms with Crippen LogP contribution in [0.4, 0.5) is 0 Å². The summed E-state index contributed by atoms with van der Waals surface area (Å²) in [7, 11) is 0. The van der Waals surface area contributed by atoms with Crippen LogP contribution in [0.1, 0.15) is 44.6 Å². The Labute approximate surface area is 126 Å². The van der Waals surface area contributed by atoms with Gasteiger partial charge in [-0.15, -0.1) is 0 Å². The molecule has 0 bridgehead atoms. The van der Waals surface area contributed by atoms with E-state index in [1.807, 2.05) is 18.5 Å². The van der Waals surface area contributed by atoms with Crippen molar-refractivity contribution >= 4 is 0 Å². The molecule has 2 heterocycles. The molecule has 0 amide bonds. The van der Waals surface area contributed by atoms with Gasteiger partial charge in [-0.3, -0.25) is 10.1 Å². The molecule has 2 N–H and O–H groups in total. The normalized spacial score (nSPS) is 17.8. The van der Waals surface area contributed by atoms with E-state index < -0.39 is 0 Å². The van der Waals surface area contributed by atoms with Crippen LogP contribution in [0.2, 0.25) is 0 Å². The Morgan fingerprint density at radius 3 is 2.86 bits per heavy atom. The van der Waals surface area contributed by atoms with Crippen LogP contribution < -0.4 is 5.32 Å². The molecule has 0 aliphatic heterocycles. The molecule has 0 unspecified atom stereocenters. The van der Waals surface area contributed by atoms with Gasteiger partial charge in [-0.2, -0.15) is 5.10 Å². The van der Waals surface area contributed by atoms with Crippen molar-refractivity contribution in [2.45, 2.75) is 45.6 Å². The molecule has 0 aromatic carbocycles. The molecule has 0 spiro atoms. The molecule has 4 nitrogen and oxygen atoms in total. The predicted octanol–water partition coefficient (Wildman–Crippen LogP) is 3.53. The zero-order valence-corrected chi connectivity index (χ0v) is 12.7. The lowest BCUT2D eigenvalue weighted by Crippen LogP contribution is -2.33. The van der Waals surface area contributed by atoms with Gasteiger partial charge in [0.15, 0.2) is 0 Å². The van der Waals surface area contributed by atoms with Gasteiger partial charge in [0.05, 0.1) is 11.9 Å². The van der Waals surface area contributed by atoms with Gasteiger partial charge in [-0.1, -0.05) is 26.2 Å². The zero-order valence-electron chi connectivity index (χ0n) is 12.7. The van der Waals surface area contributed by atoms with E-state index in [1.54, 1.807) is 6.20 Å². The minimum absolute atomic E-state index is 0.469. The van der Waals surface area contributed by atoms with Crippen molar-refractivity contribution in [1.82, 2.24) is 20.5 Å². The first-order valence-corrected chi connectivity index (χ1v) is 7.90. The third kappa shape index (κ3) is 3.50. The summed E-state index contributed by atoms with van der Waals surface area (Å²) in [5.74, 6) is 0. The number of nitrogens with zero attached hydrogens (tertiary/aromatic N) is 2. The summed E-state index contributed by atoms with van der Waals surface area (Å²) in [5.41, 5.74) is 3.85. The quantitative estimate of drug-likeness (QED) is 0.883. The molecular formula is C17H24N4. The number of nitrogens with one attached hydrogen (secondary N) is 2. The average Bonchev–Trinajstić information content (AvgIpc) is 2.97. The fraction of sp³-hybridized carbons (Fsp3) is 0.529. The fourth-order valence-corrected chi connectivity index (χ4v) is 3.29. The Kier molecular flexibility index (Phi) is 4.34. The molecular weight excluding hydrogens is 260 g/mol. The minimum Gasteiger partial charge on any atom is -0.312 e. The predicted molar refractivity (Wildman–Crippen MR) is 84.7 cm³/mol. The minimum atomic E-state index is 0.469. The van der Waals surface area contributed by atoms with E-state index in [9.17, 15) is 0 Å². The largest absolute Gasteiger partial charge is 0.312 e. The van der Waals surface area contributed by atoms with Crippen LogP contribution >= 0.6 is 0 Å². The standard InChI is InChI=1S/C17H24N4/c1-17(7-3-2-4-8-17)13-19-11-15-12-20-21-16(15)14-6-5-9-18-10-14/h5-6,9-10,12,19H,2-4,7-8,11,13H2,1H3,(H,20,21). The molecule has 0 atom stereocenters. The third-order valence-corrected chi connectivity index (χ3v) is 4.60. The lowest BCUT2D eigenvalue weighted by molar-refractivity contribution is 0.207. The highest BCUT2D eigenvalue weighted by Gasteiger charge is 2.26. The second-order valence-corrected chi connectivity index (χ2v) is 6.49. The maximum absolute atomic E-state index is 4.19. The van der Waals surface area contributed by atoms with Crippen LogP contribution in [-0.2, 0) is 6.54 Å². The van der Waals surface area contributed by atoms with Gasteiger partial charge in [-0.25, -0.2) is 0 Å². The van der Waals surface area contributed by atoms with Crippen molar-refractivity contribution in [2.75, 3.05) is 6.54 Å². The van der Waals surface area contributed by atoms with Gasteiger partial charge in [0.1, 0.15) is 0 Å². The molecule has 21 heavy (non-hydrogen) atoms. The van der Waals surface area contributed by atoms with Gasteiger partial charge >= 0.3 is 0 Å². The summed E-state index contributed by atoms with van der Waals surface area (Å²) in [6, 6.07) is 4.02. The Balaban J connectivity index is 1.60. The lowest BCUT2D eigenvalue weighted by atomic mass is 9.76. The van der Waals surface area contributed by atoms with Gasteiger partial charge in [0.2, 0.25) is 0 Å². The van der Waals surface area contributed by atoms with E-state index in [0.717, 1.165) is 24.3 Å². The first-order valence-electron chi connectivity index (χ1n) is 7.90. The van der Waals surface area contributed by atoms with E-state index >= 15 is 0 Å². The van der Waals surface area contributed by atoms with Crippen LogP contribution in [0.3, 0.4) is 0 Å². The number of hydrogen-bond acceptors (Lipinski definition) is 3. The average molecular weight is 284 g/mol. The van der Waals surface area contributed by atoms with Crippen molar-refractivity contribution in [3.63, 3.8) is 0 Å². The fourth-order valence-electron chi connectivity index (χ4n) is 3.29. The summed E-state index contributed by atoms with van der Waals surface area (Å²) in [6.45, 7) is 4.36. The first kappa shape index (κ1) is 14.3. The summed E-state index contributed by atoms with van der Waals surface area (Å²) in [6.07, 6.45) is 12.4. The monoisotopic (exact) mass is 284 g/mol. The topological polar surface area (TPSA) is 53.6 Å². The Morgan fingerprint density at radius 2 is 2.10 bits per heavy atom. The van der Waals surface area contributed by atoms with Gasteiger partial charge in [0, 0.05) is 36.6 Å². The Morgan fingerprint density at radius 1 is 1.24 bits per heavy atom. The van der Waals surface area contributed by atoms with E-state index in [-0.39, 0.29) is 0 Å². The molecule has 0 radical (unpaired) electrons. The third-order valence-electron chi connectivity index (χ3n) is 4.60. The summed E-state index contributed by atoms with van der Waals surface area (Å²) in [4.78, 5) is 4.18. The molecule has 1 fully saturated rings. The lowest BCUT2D eigenvalue weighted by Gasteiger charge is -2.33. The van der Waals surface area contributed by atoms with Crippen LogP contribution in [0.25, 0.3) is 11.3 Å². The number of aromatic nitrogens is 3. The SMILES string of the molecule is CC1(CNCc2cn[nH]c2-c2cccnc2)CCCCC1. The molecule has 2 aromatic heterocycles. The summed E-state index contributed by atoms with van der Waals surface area (Å²) < 4.78 is 0. The van der Waals surface area contributed by atoms with Gasteiger partial charge in [0.25, 0.3) is 0 Å². The maximum atomic E-state index is 4.19. The van der Waals surface area contributed by atoms with Crippen LogP contribution in [0, 0.1) is 5.41 Å². The molecule has 3 rings (SSSR count). The molecule has 2 aromatic rings. The number of H-pyrrole nitrogens is 1. The summed E-state index contributed by atoms with van der Waals surface area (Å²) >= 11 is 0. The second kappa shape index (κ2) is 6.39. The van der Waals surface area contributed by atoms with Crippen molar-refractivity contribution in [3.8, 4) is 11.3 Å². The molecule has 0 saturated heterocycles. The second-order valence-electron chi connectivity index (χ2n) is 6.49. The molecule has 4 heteroatoms. The molecule has 1 saturated carbocycles. The maximum Gasteiger partial charge on any atom is 0.0710 e. The van der Waals surface area contributed by atoms with E-state index in [1.165, 1.54) is 37.7 Å². The van der Waals surface area contributed by atoms with Crippen molar-refractivity contribution < 1.29 is 0 Å². The highest BCUT2D eigenvalue weighted by Crippen LogP contribution is 2.35. The molecule has 112 valence electrons. The van der Waals surface area contributed by atoms with Gasteiger partial charge < -0.3 is 5.32 Å². The van der Waals surface area contributed by atoms with Crippen LogP contribution in [0.5, 0.6) is 0 Å². The Hall–Kier alpha value is -1.68. The number of rotatable bonds is 5. The summed E-state index contributed by atoms with van der Waals surface area (Å²) in [5, 5.41) is 10.9. The molecule has 1 aliphatic carbocycles. The van der Waals surface area contributed by atoms with Crippen molar-refractivity contribution in [3.05, 3.63) is 36.3 Å². The van der Waals surface area contributed by atoms with Crippen LogP contribution in [-0.4, -0.2) is 21.7 Å². The van der Waals surface area contributed by atoms with Crippen LogP contribution in [0.15, 0.2) is 30.7 Å². The highest BCUT2D eigenvalue weighted by molar-refractivity contribution is 5.61. The van der Waals surface area contributed by atoms with E-state index in [0.29, 0.717) is 5.41 Å². The number of hydrogen-bond donors (Lipinski definition) is 2. The highest BCUT2D eigenvalue weighted by atomic mass is 15.1. The smallest absolute Gasteiger partial charge is 0.0710 e. The first-order chi connectivity index (χ1) is 10.3. The number of aromatic amines is 1. The molecule has 1 aliphatic rings. The van der Waals surface area contributed by atoms with E-state index in [4.69, 9.17) is 0 Å². The number of pyridine rings is 1.